The summed E-state index contributed by atoms with van der Waals surface area (Å²) < 4.78 is 0. The number of benzene rings is 1. The van der Waals surface area contributed by atoms with E-state index in [-0.39, 0.29) is 6.10 Å². The molecule has 0 aromatic heterocycles. The highest BCUT2D eigenvalue weighted by Gasteiger charge is 2.28. The van der Waals surface area contributed by atoms with Crippen LogP contribution in [-0.2, 0) is 0 Å². The molecule has 88 valence electrons. The van der Waals surface area contributed by atoms with Crippen LogP contribution in [0.1, 0.15) is 37.8 Å². The monoisotopic (exact) mass is 239 g/mol. The van der Waals surface area contributed by atoms with E-state index in [1.54, 1.807) is 0 Å². The van der Waals surface area contributed by atoms with Crippen LogP contribution in [0.15, 0.2) is 24.3 Å². The van der Waals surface area contributed by atoms with Crippen LogP contribution in [0.25, 0.3) is 0 Å². The van der Waals surface area contributed by atoms with Crippen molar-refractivity contribution in [2.24, 2.45) is 0 Å². The molecule has 0 radical (unpaired) electrons. The van der Waals surface area contributed by atoms with E-state index in [0.29, 0.717) is 12.1 Å². The van der Waals surface area contributed by atoms with Crippen molar-refractivity contribution in [2.45, 2.75) is 44.4 Å². The molecule has 0 heterocycles. The quantitative estimate of drug-likeness (QED) is 0.847. The Kier molecular flexibility index (Phi) is 3.85. The lowest BCUT2D eigenvalue weighted by Crippen LogP contribution is -2.45. The number of rotatable bonds is 4. The SMILES string of the molecule is CCC(NC1CC(O)C1)c1ccc(Cl)cc1. The van der Waals surface area contributed by atoms with Crippen LogP contribution >= 0.6 is 11.6 Å². The number of aliphatic hydroxyl groups is 1. The van der Waals surface area contributed by atoms with Crippen molar-refractivity contribution >= 4 is 11.6 Å². The highest BCUT2D eigenvalue weighted by atomic mass is 35.5. The summed E-state index contributed by atoms with van der Waals surface area (Å²) in [6.07, 6.45) is 2.71. The van der Waals surface area contributed by atoms with Crippen LogP contribution < -0.4 is 5.32 Å². The topological polar surface area (TPSA) is 32.3 Å². The van der Waals surface area contributed by atoms with Gasteiger partial charge in [-0.25, -0.2) is 0 Å². The highest BCUT2D eigenvalue weighted by molar-refractivity contribution is 6.30. The Bertz CT molecular complexity index is 332. The summed E-state index contributed by atoms with van der Waals surface area (Å²) in [5.41, 5.74) is 1.27. The zero-order valence-corrected chi connectivity index (χ0v) is 10.2. The average Bonchev–Trinajstić information content (AvgIpc) is 2.24. The van der Waals surface area contributed by atoms with Crippen molar-refractivity contribution < 1.29 is 5.11 Å². The molecule has 1 aliphatic rings. The first-order chi connectivity index (χ1) is 7.69. The third-order valence-electron chi connectivity index (χ3n) is 3.23. The van der Waals surface area contributed by atoms with Crippen molar-refractivity contribution in [3.63, 3.8) is 0 Å². The lowest BCUT2D eigenvalue weighted by molar-refractivity contribution is 0.0574. The summed E-state index contributed by atoms with van der Waals surface area (Å²) in [6, 6.07) is 8.83. The van der Waals surface area contributed by atoms with Gasteiger partial charge < -0.3 is 10.4 Å². The van der Waals surface area contributed by atoms with Crippen LogP contribution in [0, 0.1) is 0 Å². The summed E-state index contributed by atoms with van der Waals surface area (Å²) in [6.45, 7) is 2.17. The molecule has 1 saturated carbocycles. The maximum atomic E-state index is 9.25. The Morgan fingerprint density at radius 1 is 1.38 bits per heavy atom. The van der Waals surface area contributed by atoms with Gasteiger partial charge in [0.1, 0.15) is 0 Å². The minimum absolute atomic E-state index is 0.0970. The van der Waals surface area contributed by atoms with Crippen LogP contribution in [0.5, 0.6) is 0 Å². The van der Waals surface area contributed by atoms with Crippen LogP contribution in [0.3, 0.4) is 0 Å². The molecular formula is C13H18ClNO. The molecule has 1 aromatic rings. The lowest BCUT2D eigenvalue weighted by Gasteiger charge is -2.35. The first-order valence-electron chi connectivity index (χ1n) is 5.88. The number of halogens is 1. The summed E-state index contributed by atoms with van der Waals surface area (Å²) >= 11 is 5.87. The summed E-state index contributed by atoms with van der Waals surface area (Å²) in [7, 11) is 0. The van der Waals surface area contributed by atoms with E-state index in [9.17, 15) is 5.11 Å². The van der Waals surface area contributed by atoms with E-state index in [4.69, 9.17) is 11.6 Å². The zero-order valence-electron chi connectivity index (χ0n) is 9.49. The van der Waals surface area contributed by atoms with Gasteiger partial charge in [-0.05, 0) is 37.0 Å². The van der Waals surface area contributed by atoms with Gasteiger partial charge in [-0.2, -0.15) is 0 Å². The molecule has 0 amide bonds. The van der Waals surface area contributed by atoms with E-state index < -0.39 is 0 Å². The molecular weight excluding hydrogens is 222 g/mol. The van der Waals surface area contributed by atoms with Gasteiger partial charge in [-0.15, -0.1) is 0 Å². The Morgan fingerprint density at radius 2 is 2.00 bits per heavy atom. The second kappa shape index (κ2) is 5.17. The van der Waals surface area contributed by atoms with Gasteiger partial charge >= 0.3 is 0 Å². The molecule has 0 saturated heterocycles. The van der Waals surface area contributed by atoms with Crippen molar-refractivity contribution in [1.29, 1.82) is 0 Å². The Balaban J connectivity index is 1.96. The van der Waals surface area contributed by atoms with Crippen molar-refractivity contribution in [2.75, 3.05) is 0 Å². The Morgan fingerprint density at radius 3 is 2.50 bits per heavy atom. The molecule has 1 fully saturated rings. The fourth-order valence-electron chi connectivity index (χ4n) is 2.15. The normalized spacial score (nSPS) is 26.2. The van der Waals surface area contributed by atoms with E-state index in [0.717, 1.165) is 24.3 Å². The fraction of sp³-hybridized carbons (Fsp3) is 0.538. The number of hydrogen-bond donors (Lipinski definition) is 2. The molecule has 16 heavy (non-hydrogen) atoms. The summed E-state index contributed by atoms with van der Waals surface area (Å²) in [5.74, 6) is 0. The van der Waals surface area contributed by atoms with Crippen LogP contribution in [0.2, 0.25) is 5.02 Å². The predicted molar refractivity (Wildman–Crippen MR) is 66.6 cm³/mol. The van der Waals surface area contributed by atoms with Crippen LogP contribution in [0.4, 0.5) is 0 Å². The van der Waals surface area contributed by atoms with E-state index in [1.807, 2.05) is 12.1 Å². The third kappa shape index (κ3) is 2.76. The van der Waals surface area contributed by atoms with Gasteiger partial charge in [-0.3, -0.25) is 0 Å². The van der Waals surface area contributed by atoms with Crippen molar-refractivity contribution in [3.05, 3.63) is 34.9 Å². The van der Waals surface area contributed by atoms with E-state index in [2.05, 4.69) is 24.4 Å². The standard InChI is InChI=1S/C13H18ClNO/c1-2-13(15-11-7-12(16)8-11)9-3-5-10(14)6-4-9/h3-6,11-13,15-16H,2,7-8H2,1H3. The second-order valence-electron chi connectivity index (χ2n) is 4.50. The first kappa shape index (κ1) is 11.9. The molecule has 0 aliphatic heterocycles. The molecule has 2 rings (SSSR count). The Hall–Kier alpha value is -0.570. The minimum Gasteiger partial charge on any atom is -0.393 e. The summed E-state index contributed by atoms with van der Waals surface area (Å²) in [4.78, 5) is 0. The van der Waals surface area contributed by atoms with Gasteiger partial charge in [0.25, 0.3) is 0 Å². The van der Waals surface area contributed by atoms with Gasteiger partial charge in [0.15, 0.2) is 0 Å². The molecule has 1 atom stereocenters. The second-order valence-corrected chi connectivity index (χ2v) is 4.94. The molecule has 2 nitrogen and oxygen atoms in total. The number of aliphatic hydroxyl groups excluding tert-OH is 1. The number of nitrogens with one attached hydrogen (secondary N) is 1. The molecule has 0 spiro atoms. The van der Waals surface area contributed by atoms with Crippen molar-refractivity contribution in [3.8, 4) is 0 Å². The lowest BCUT2D eigenvalue weighted by atomic mass is 9.88. The van der Waals surface area contributed by atoms with Gasteiger partial charge in [0.2, 0.25) is 0 Å². The Labute approximate surface area is 102 Å². The largest absolute Gasteiger partial charge is 0.393 e. The maximum absolute atomic E-state index is 9.25. The van der Waals surface area contributed by atoms with Gasteiger partial charge in [-0.1, -0.05) is 30.7 Å². The molecule has 1 aromatic carbocycles. The third-order valence-corrected chi connectivity index (χ3v) is 3.48. The molecule has 2 N–H and O–H groups in total. The molecule has 0 bridgehead atoms. The van der Waals surface area contributed by atoms with Crippen LogP contribution in [-0.4, -0.2) is 17.3 Å². The maximum Gasteiger partial charge on any atom is 0.0570 e. The minimum atomic E-state index is -0.0970. The molecule has 3 heteroatoms. The van der Waals surface area contributed by atoms with E-state index in [1.165, 1.54) is 5.56 Å². The molecule has 1 unspecified atom stereocenters. The summed E-state index contributed by atoms with van der Waals surface area (Å²) in [5, 5.41) is 13.6. The van der Waals surface area contributed by atoms with Crippen molar-refractivity contribution in [1.82, 2.24) is 5.32 Å². The first-order valence-corrected chi connectivity index (χ1v) is 6.26. The fourth-order valence-corrected chi connectivity index (χ4v) is 2.28. The highest BCUT2D eigenvalue weighted by Crippen LogP contribution is 2.25. The average molecular weight is 240 g/mol. The van der Waals surface area contributed by atoms with Gasteiger partial charge in [0.05, 0.1) is 6.10 Å². The van der Waals surface area contributed by atoms with Gasteiger partial charge in [0, 0.05) is 17.1 Å². The number of hydrogen-bond acceptors (Lipinski definition) is 2. The molecule has 1 aliphatic carbocycles. The van der Waals surface area contributed by atoms with E-state index >= 15 is 0 Å². The predicted octanol–water partition coefficient (Wildman–Crippen LogP) is 2.90. The smallest absolute Gasteiger partial charge is 0.0570 e. The zero-order chi connectivity index (χ0) is 11.5.